The molecule has 8 heteroatoms. The van der Waals surface area contributed by atoms with Gasteiger partial charge in [0.05, 0.1) is 22.7 Å². The number of nitrogens with zero attached hydrogens (tertiary/aromatic N) is 2. The SMILES string of the molecule is COCC(O)CNc1ncc(Cl)cc1[N+](=O)[O-]. The highest BCUT2D eigenvalue weighted by atomic mass is 35.5. The number of ether oxygens (including phenoxy) is 1. The average Bonchev–Trinajstić information content (AvgIpc) is 2.27. The molecule has 0 fully saturated rings. The molecule has 1 aromatic rings. The lowest BCUT2D eigenvalue weighted by atomic mass is 10.3. The normalized spacial score (nSPS) is 12.2. The van der Waals surface area contributed by atoms with Crippen LogP contribution in [0.2, 0.25) is 5.02 Å². The molecule has 1 atom stereocenters. The molecule has 0 spiro atoms. The third kappa shape index (κ3) is 4.14. The number of halogens is 1. The van der Waals surface area contributed by atoms with Gasteiger partial charge in [0.1, 0.15) is 0 Å². The van der Waals surface area contributed by atoms with Crippen molar-refractivity contribution in [2.45, 2.75) is 6.10 Å². The Bertz CT molecular complexity index is 402. The number of aliphatic hydroxyl groups excluding tert-OH is 1. The number of methoxy groups -OCH3 is 1. The fraction of sp³-hybridized carbons (Fsp3) is 0.444. The zero-order chi connectivity index (χ0) is 12.8. The second kappa shape index (κ2) is 6.33. The molecule has 1 aromatic heterocycles. The molecule has 17 heavy (non-hydrogen) atoms. The maximum Gasteiger partial charge on any atom is 0.312 e. The Morgan fingerprint density at radius 3 is 3.06 bits per heavy atom. The number of anilines is 1. The van der Waals surface area contributed by atoms with Crippen molar-refractivity contribution >= 4 is 23.1 Å². The summed E-state index contributed by atoms with van der Waals surface area (Å²) in [6.45, 7) is 0.234. The number of hydrogen-bond donors (Lipinski definition) is 2. The van der Waals surface area contributed by atoms with Crippen LogP contribution in [0.1, 0.15) is 0 Å². The maximum atomic E-state index is 10.7. The number of hydrogen-bond acceptors (Lipinski definition) is 6. The highest BCUT2D eigenvalue weighted by Crippen LogP contribution is 2.24. The van der Waals surface area contributed by atoms with Gasteiger partial charge in [-0.2, -0.15) is 0 Å². The van der Waals surface area contributed by atoms with Crippen molar-refractivity contribution in [2.24, 2.45) is 0 Å². The summed E-state index contributed by atoms with van der Waals surface area (Å²) in [7, 11) is 1.45. The predicted octanol–water partition coefficient (Wildman–Crippen LogP) is 1.06. The van der Waals surface area contributed by atoms with Crippen LogP contribution in [-0.2, 0) is 4.74 Å². The molecule has 0 amide bonds. The van der Waals surface area contributed by atoms with Crippen molar-refractivity contribution in [1.82, 2.24) is 4.98 Å². The topological polar surface area (TPSA) is 97.5 Å². The van der Waals surface area contributed by atoms with Crippen LogP contribution in [-0.4, -0.2) is 41.4 Å². The van der Waals surface area contributed by atoms with Crippen molar-refractivity contribution in [3.05, 3.63) is 27.4 Å². The van der Waals surface area contributed by atoms with Gasteiger partial charge in [-0.1, -0.05) is 11.6 Å². The first-order valence-corrected chi connectivity index (χ1v) is 5.13. The number of aromatic nitrogens is 1. The molecular formula is C9H12ClN3O4. The second-order valence-electron chi connectivity index (χ2n) is 3.27. The van der Waals surface area contributed by atoms with Gasteiger partial charge in [-0.15, -0.1) is 0 Å². The van der Waals surface area contributed by atoms with E-state index in [-0.39, 0.29) is 29.7 Å². The van der Waals surface area contributed by atoms with Crippen molar-refractivity contribution in [1.29, 1.82) is 0 Å². The van der Waals surface area contributed by atoms with Gasteiger partial charge in [-0.25, -0.2) is 4.98 Å². The number of aliphatic hydroxyl groups is 1. The molecule has 1 heterocycles. The molecular weight excluding hydrogens is 250 g/mol. The Labute approximate surface area is 103 Å². The van der Waals surface area contributed by atoms with E-state index < -0.39 is 11.0 Å². The van der Waals surface area contributed by atoms with Gasteiger partial charge in [-0.05, 0) is 0 Å². The third-order valence-electron chi connectivity index (χ3n) is 1.90. The highest BCUT2D eigenvalue weighted by molar-refractivity contribution is 6.30. The zero-order valence-corrected chi connectivity index (χ0v) is 9.85. The van der Waals surface area contributed by atoms with Crippen LogP contribution in [0.15, 0.2) is 12.3 Å². The monoisotopic (exact) mass is 261 g/mol. The van der Waals surface area contributed by atoms with E-state index in [9.17, 15) is 15.2 Å². The highest BCUT2D eigenvalue weighted by Gasteiger charge is 2.16. The summed E-state index contributed by atoms with van der Waals surface area (Å²) in [6.07, 6.45) is 0.525. The van der Waals surface area contributed by atoms with Crippen LogP contribution >= 0.6 is 11.6 Å². The molecule has 0 aliphatic rings. The molecule has 2 N–H and O–H groups in total. The first kappa shape index (κ1) is 13.6. The molecule has 0 saturated carbocycles. The Kier molecular flexibility index (Phi) is 5.08. The van der Waals surface area contributed by atoms with E-state index in [1.807, 2.05) is 0 Å². The number of rotatable bonds is 6. The first-order chi connectivity index (χ1) is 8.04. The van der Waals surface area contributed by atoms with Crippen LogP contribution in [0.25, 0.3) is 0 Å². The van der Waals surface area contributed by atoms with Crippen molar-refractivity contribution in [3.8, 4) is 0 Å². The van der Waals surface area contributed by atoms with Crippen LogP contribution < -0.4 is 5.32 Å². The van der Waals surface area contributed by atoms with Gasteiger partial charge in [0, 0.05) is 25.9 Å². The Morgan fingerprint density at radius 2 is 2.47 bits per heavy atom. The molecule has 1 unspecified atom stereocenters. The summed E-state index contributed by atoms with van der Waals surface area (Å²) in [5.74, 6) is 0.0644. The summed E-state index contributed by atoms with van der Waals surface area (Å²) in [5.41, 5.74) is -0.234. The van der Waals surface area contributed by atoms with Gasteiger partial charge < -0.3 is 15.2 Å². The largest absolute Gasteiger partial charge is 0.389 e. The quantitative estimate of drug-likeness (QED) is 0.587. The van der Waals surface area contributed by atoms with Gasteiger partial charge in [0.15, 0.2) is 0 Å². The van der Waals surface area contributed by atoms with E-state index in [4.69, 9.17) is 16.3 Å². The summed E-state index contributed by atoms with van der Waals surface area (Å²) in [4.78, 5) is 13.9. The predicted molar refractivity (Wildman–Crippen MR) is 62.3 cm³/mol. The molecule has 1 rings (SSSR count). The lowest BCUT2D eigenvalue weighted by Gasteiger charge is -2.11. The molecule has 0 bridgehead atoms. The van der Waals surface area contributed by atoms with Gasteiger partial charge in [0.2, 0.25) is 5.82 Å². The molecule has 94 valence electrons. The van der Waals surface area contributed by atoms with E-state index in [1.165, 1.54) is 19.4 Å². The third-order valence-corrected chi connectivity index (χ3v) is 2.10. The maximum absolute atomic E-state index is 10.7. The van der Waals surface area contributed by atoms with Crippen LogP contribution in [0, 0.1) is 10.1 Å². The summed E-state index contributed by atoms with van der Waals surface area (Å²) < 4.78 is 4.72. The molecule has 0 aliphatic carbocycles. The van der Waals surface area contributed by atoms with E-state index in [1.54, 1.807) is 0 Å². The summed E-state index contributed by atoms with van der Waals surface area (Å²) in [5, 5.41) is 23.0. The molecule has 0 aromatic carbocycles. The Morgan fingerprint density at radius 1 is 1.76 bits per heavy atom. The molecule has 0 radical (unpaired) electrons. The minimum absolute atomic E-state index is 0.0644. The number of nitrogens with one attached hydrogen (secondary N) is 1. The van der Waals surface area contributed by atoms with Crippen molar-refractivity contribution in [2.75, 3.05) is 25.6 Å². The van der Waals surface area contributed by atoms with E-state index >= 15 is 0 Å². The Hall–Kier alpha value is -1.44. The van der Waals surface area contributed by atoms with Gasteiger partial charge >= 0.3 is 5.69 Å². The van der Waals surface area contributed by atoms with Crippen LogP contribution in [0.3, 0.4) is 0 Å². The number of pyridine rings is 1. The van der Waals surface area contributed by atoms with Gasteiger partial charge in [-0.3, -0.25) is 10.1 Å². The Balaban J connectivity index is 2.73. The van der Waals surface area contributed by atoms with Gasteiger partial charge in [0.25, 0.3) is 0 Å². The molecule has 0 aliphatic heterocycles. The second-order valence-corrected chi connectivity index (χ2v) is 3.70. The minimum atomic E-state index is -0.767. The molecule has 0 saturated heterocycles. The standard InChI is InChI=1S/C9H12ClN3O4/c1-17-5-7(14)4-12-9-8(13(15)16)2-6(10)3-11-9/h2-3,7,14H,4-5H2,1H3,(H,11,12). The van der Waals surface area contributed by atoms with Crippen LogP contribution in [0.4, 0.5) is 11.5 Å². The lowest BCUT2D eigenvalue weighted by Crippen LogP contribution is -2.24. The average molecular weight is 262 g/mol. The summed E-state index contributed by atoms with van der Waals surface area (Å²) in [6, 6.07) is 1.19. The van der Waals surface area contributed by atoms with E-state index in [0.29, 0.717) is 0 Å². The zero-order valence-electron chi connectivity index (χ0n) is 9.09. The smallest absolute Gasteiger partial charge is 0.312 e. The fourth-order valence-corrected chi connectivity index (χ4v) is 1.32. The fourth-order valence-electron chi connectivity index (χ4n) is 1.17. The van der Waals surface area contributed by atoms with Crippen LogP contribution in [0.5, 0.6) is 0 Å². The van der Waals surface area contributed by atoms with Crippen molar-refractivity contribution < 1.29 is 14.8 Å². The first-order valence-electron chi connectivity index (χ1n) is 4.75. The number of nitro groups is 1. The van der Waals surface area contributed by atoms with Crippen molar-refractivity contribution in [3.63, 3.8) is 0 Å². The summed E-state index contributed by atoms with van der Waals surface area (Å²) >= 11 is 5.61. The van der Waals surface area contributed by atoms with E-state index in [2.05, 4.69) is 10.3 Å². The lowest BCUT2D eigenvalue weighted by molar-refractivity contribution is -0.384. The molecule has 7 nitrogen and oxygen atoms in total. The minimum Gasteiger partial charge on any atom is -0.389 e. The van der Waals surface area contributed by atoms with E-state index in [0.717, 1.165) is 0 Å².